The van der Waals surface area contributed by atoms with Crippen LogP contribution in [0, 0.1) is 23.7 Å². The number of methoxy groups -OCH3 is 1. The first-order valence-corrected chi connectivity index (χ1v) is 11.3. The number of ether oxygens (including phenoxy) is 3. The fourth-order valence-corrected chi connectivity index (χ4v) is 6.37. The molecule has 2 bridgehead atoms. The first-order valence-electron chi connectivity index (χ1n) is 11.3. The van der Waals surface area contributed by atoms with Gasteiger partial charge in [0.15, 0.2) is 11.9 Å². The minimum absolute atomic E-state index is 0.00903. The number of halogens is 3. The van der Waals surface area contributed by atoms with E-state index in [1.807, 2.05) is 0 Å². The second-order valence-electron chi connectivity index (χ2n) is 9.90. The fourth-order valence-electron chi connectivity index (χ4n) is 6.37. The molecular weight excluding hydrogens is 427 g/mol. The van der Waals surface area contributed by atoms with Gasteiger partial charge in [0, 0.05) is 23.9 Å². The van der Waals surface area contributed by atoms with Crippen molar-refractivity contribution in [1.29, 1.82) is 0 Å². The molecule has 4 saturated heterocycles. The molecule has 4 heterocycles. The van der Waals surface area contributed by atoms with E-state index in [1.165, 1.54) is 7.11 Å². The van der Waals surface area contributed by atoms with Crippen molar-refractivity contribution >= 4 is 5.69 Å². The van der Waals surface area contributed by atoms with E-state index in [1.54, 1.807) is 38.1 Å². The van der Waals surface area contributed by atoms with Crippen molar-refractivity contribution in [2.24, 2.45) is 23.7 Å². The van der Waals surface area contributed by atoms with Crippen LogP contribution in [0.5, 0.6) is 5.75 Å². The maximum absolute atomic E-state index is 14.8. The molecule has 5 aliphatic rings. The van der Waals surface area contributed by atoms with Gasteiger partial charge in [0.25, 0.3) is 0 Å². The minimum atomic E-state index is -4.71. The Morgan fingerprint density at radius 3 is 2.38 bits per heavy atom. The predicted octanol–water partition coefficient (Wildman–Crippen LogP) is 5.25. The van der Waals surface area contributed by atoms with Crippen molar-refractivity contribution in [3.63, 3.8) is 0 Å². The Hall–Kier alpha value is -1.55. The van der Waals surface area contributed by atoms with E-state index in [0.29, 0.717) is 18.6 Å². The number of rotatable bonds is 3. The Labute approximate surface area is 185 Å². The van der Waals surface area contributed by atoms with Gasteiger partial charge in [-0.2, -0.15) is 13.2 Å². The summed E-state index contributed by atoms with van der Waals surface area (Å²) in [6.07, 6.45) is -3.22. The van der Waals surface area contributed by atoms with E-state index in [2.05, 4.69) is 12.2 Å². The first kappa shape index (κ1) is 22.3. The van der Waals surface area contributed by atoms with Gasteiger partial charge in [-0.05, 0) is 62.3 Å². The number of anilines is 1. The predicted molar refractivity (Wildman–Crippen MR) is 108 cm³/mol. The lowest BCUT2D eigenvalue weighted by Gasteiger charge is -2.63. The third kappa shape index (κ3) is 3.01. The maximum atomic E-state index is 14.8. The molecule has 0 radical (unpaired) electrons. The highest BCUT2D eigenvalue weighted by Gasteiger charge is 2.76. The zero-order chi connectivity index (χ0) is 22.9. The molecule has 1 aromatic carbocycles. The molecule has 0 aromatic heterocycles. The second kappa shape index (κ2) is 7.22. The summed E-state index contributed by atoms with van der Waals surface area (Å²) in [4.78, 5) is 11.7. The topological polar surface area (TPSA) is 58.2 Å². The maximum Gasteiger partial charge on any atom is 0.436 e. The molecule has 32 heavy (non-hydrogen) atoms. The number of hydrogen-bond donors (Lipinski definition) is 1. The van der Waals surface area contributed by atoms with E-state index in [4.69, 9.17) is 24.0 Å². The van der Waals surface area contributed by atoms with E-state index in [9.17, 15) is 13.2 Å². The third-order valence-electron chi connectivity index (χ3n) is 8.15. The van der Waals surface area contributed by atoms with E-state index >= 15 is 0 Å². The van der Waals surface area contributed by atoms with E-state index in [-0.39, 0.29) is 17.5 Å². The van der Waals surface area contributed by atoms with Crippen molar-refractivity contribution in [1.82, 2.24) is 0 Å². The van der Waals surface area contributed by atoms with Crippen LogP contribution in [0.15, 0.2) is 24.3 Å². The average Bonchev–Trinajstić information content (AvgIpc) is 2.97. The molecule has 1 aromatic rings. The molecule has 1 N–H and O–H groups in total. The molecular formula is C23H30F3NO5. The summed E-state index contributed by atoms with van der Waals surface area (Å²) in [6, 6.07) is 6.34. The highest BCUT2D eigenvalue weighted by molar-refractivity contribution is 5.49. The second-order valence-corrected chi connectivity index (χ2v) is 9.90. The van der Waals surface area contributed by atoms with E-state index in [0.717, 1.165) is 12.8 Å². The Morgan fingerprint density at radius 2 is 1.72 bits per heavy atom. The Balaban J connectivity index is 1.60. The molecule has 4 aliphatic heterocycles. The summed E-state index contributed by atoms with van der Waals surface area (Å²) in [5.41, 5.74) is -3.42. The van der Waals surface area contributed by atoms with Gasteiger partial charge in [0.05, 0.1) is 7.11 Å². The van der Waals surface area contributed by atoms with Crippen molar-refractivity contribution in [2.75, 3.05) is 12.4 Å². The Morgan fingerprint density at radius 1 is 1.00 bits per heavy atom. The summed E-state index contributed by atoms with van der Waals surface area (Å²) in [5, 5.41) is 2.69. The molecule has 9 heteroatoms. The molecule has 1 spiro atoms. The van der Waals surface area contributed by atoms with Crippen molar-refractivity contribution < 1.29 is 37.2 Å². The van der Waals surface area contributed by atoms with Crippen LogP contribution in [0.1, 0.15) is 46.5 Å². The van der Waals surface area contributed by atoms with Crippen molar-refractivity contribution in [2.45, 2.75) is 76.0 Å². The number of nitrogens with one attached hydrogen (secondary N) is 1. The van der Waals surface area contributed by atoms with Gasteiger partial charge in [-0.3, -0.25) is 0 Å². The molecule has 6 nitrogen and oxygen atoms in total. The van der Waals surface area contributed by atoms with Crippen LogP contribution in [0.2, 0.25) is 0 Å². The Kier molecular flexibility index (Phi) is 5.02. The summed E-state index contributed by atoms with van der Waals surface area (Å²) in [6.45, 7) is 5.42. The molecule has 0 unspecified atom stereocenters. The standard InChI is InChI=1S/C23H30F3NO5/c1-13-5-10-18-14(2)22(23(24,25)26,27-15-6-8-16(28-4)9-7-15)30-19-21(18)17(13)11-12-20(3,29-19)31-32-21/h6-9,13-14,17-19,27H,5,10-12H2,1-4H3/t13-,14-,17+,18+,19+,20+,21-,22-/m1/s1. The van der Waals surface area contributed by atoms with Gasteiger partial charge in [-0.1, -0.05) is 13.8 Å². The average molecular weight is 457 g/mol. The van der Waals surface area contributed by atoms with Gasteiger partial charge in [-0.15, -0.1) is 0 Å². The van der Waals surface area contributed by atoms with Crippen LogP contribution < -0.4 is 10.1 Å². The van der Waals surface area contributed by atoms with Gasteiger partial charge in [0.1, 0.15) is 5.75 Å². The van der Waals surface area contributed by atoms with Gasteiger partial charge >= 0.3 is 6.18 Å². The van der Waals surface area contributed by atoms with Crippen molar-refractivity contribution in [3.8, 4) is 5.75 Å². The van der Waals surface area contributed by atoms with Crippen LogP contribution in [-0.4, -0.2) is 36.7 Å². The smallest absolute Gasteiger partial charge is 0.436 e. The van der Waals surface area contributed by atoms with E-state index < -0.39 is 41.4 Å². The van der Waals surface area contributed by atoms with Gasteiger partial charge in [-0.25, -0.2) is 9.78 Å². The quantitative estimate of drug-likeness (QED) is 0.626. The number of fused-ring (bicyclic) bond motifs is 2. The molecule has 0 amide bonds. The zero-order valence-electron chi connectivity index (χ0n) is 18.7. The number of benzene rings is 1. The summed E-state index contributed by atoms with van der Waals surface area (Å²) < 4.78 is 61.7. The highest BCUT2D eigenvalue weighted by Crippen LogP contribution is 2.64. The van der Waals surface area contributed by atoms with Crippen molar-refractivity contribution in [3.05, 3.63) is 24.3 Å². The van der Waals surface area contributed by atoms with Crippen LogP contribution in [0.3, 0.4) is 0 Å². The molecule has 8 atom stereocenters. The lowest BCUT2D eigenvalue weighted by atomic mass is 9.56. The fraction of sp³-hybridized carbons (Fsp3) is 0.739. The normalized spacial score (nSPS) is 45.7. The minimum Gasteiger partial charge on any atom is -0.497 e. The Bertz CT molecular complexity index is 866. The first-order chi connectivity index (χ1) is 15.0. The molecule has 1 aliphatic carbocycles. The largest absolute Gasteiger partial charge is 0.497 e. The highest BCUT2D eigenvalue weighted by atomic mass is 19.4. The van der Waals surface area contributed by atoms with Gasteiger partial charge in [0.2, 0.25) is 11.5 Å². The lowest BCUT2D eigenvalue weighted by molar-refractivity contribution is -0.582. The summed E-state index contributed by atoms with van der Waals surface area (Å²) >= 11 is 0. The van der Waals surface area contributed by atoms with Crippen LogP contribution in [0.4, 0.5) is 18.9 Å². The molecule has 6 rings (SSSR count). The SMILES string of the molecule is COc1ccc(N[C@@]2(C(F)(F)F)O[C@@H]3O[C@]4(C)CC[C@H]5[C@H](C)CC[C@@H]([C@H]2C)[C@@]35OO4)cc1. The number of alkyl halides is 3. The molecule has 1 saturated carbocycles. The van der Waals surface area contributed by atoms with Gasteiger partial charge < -0.3 is 19.5 Å². The monoisotopic (exact) mass is 457 g/mol. The zero-order valence-corrected chi connectivity index (χ0v) is 18.7. The number of hydrogen-bond acceptors (Lipinski definition) is 6. The summed E-state index contributed by atoms with van der Waals surface area (Å²) in [7, 11) is 1.51. The molecule has 5 fully saturated rings. The van der Waals surface area contributed by atoms with Crippen LogP contribution in [-0.2, 0) is 19.2 Å². The summed E-state index contributed by atoms with van der Waals surface area (Å²) in [5.74, 6) is -1.74. The molecule has 178 valence electrons. The third-order valence-corrected chi connectivity index (χ3v) is 8.15. The van der Waals surface area contributed by atoms with Crippen LogP contribution >= 0.6 is 0 Å². The van der Waals surface area contributed by atoms with Crippen LogP contribution in [0.25, 0.3) is 0 Å². The lowest BCUT2D eigenvalue weighted by Crippen LogP contribution is -2.77.